The molecular weight excluding hydrogens is 204 g/mol. The molecule has 0 radical (unpaired) electrons. The van der Waals surface area contributed by atoms with Crippen molar-refractivity contribution < 1.29 is 9.90 Å². The van der Waals surface area contributed by atoms with E-state index in [9.17, 15) is 9.90 Å². The Labute approximate surface area is 98.2 Å². The number of likely N-dealkylation sites (N-methyl/N-ethyl adjacent to an activating group) is 1. The number of nitrogens with zero attached hydrogens (tertiary/aromatic N) is 2. The van der Waals surface area contributed by atoms with Crippen molar-refractivity contribution >= 4 is 5.91 Å². The summed E-state index contributed by atoms with van der Waals surface area (Å²) in [6.07, 6.45) is 0.978. The van der Waals surface area contributed by atoms with Gasteiger partial charge < -0.3 is 10.0 Å². The maximum atomic E-state index is 12.2. The summed E-state index contributed by atoms with van der Waals surface area (Å²) in [5, 5.41) is 9.34. The third kappa shape index (κ3) is 2.95. The summed E-state index contributed by atoms with van der Waals surface area (Å²) in [6.45, 7) is 7.83. The Morgan fingerprint density at radius 1 is 1.50 bits per heavy atom. The summed E-state index contributed by atoms with van der Waals surface area (Å²) in [6, 6.07) is -0.0190. The first-order chi connectivity index (χ1) is 7.47. The van der Waals surface area contributed by atoms with Crippen LogP contribution in [0.4, 0.5) is 0 Å². The van der Waals surface area contributed by atoms with Crippen molar-refractivity contribution in [3.05, 3.63) is 0 Å². The van der Waals surface area contributed by atoms with Crippen LogP contribution < -0.4 is 0 Å². The third-order valence-electron chi connectivity index (χ3n) is 3.36. The van der Waals surface area contributed by atoms with Crippen LogP contribution in [0.15, 0.2) is 0 Å². The average Bonchev–Trinajstić information content (AvgIpc) is 2.31. The van der Waals surface area contributed by atoms with Crippen molar-refractivity contribution in [3.63, 3.8) is 0 Å². The van der Waals surface area contributed by atoms with Crippen LogP contribution in [0.1, 0.15) is 27.2 Å². The van der Waals surface area contributed by atoms with E-state index >= 15 is 0 Å². The molecule has 0 aromatic carbocycles. The van der Waals surface area contributed by atoms with Crippen LogP contribution in [0, 0.1) is 5.92 Å². The summed E-state index contributed by atoms with van der Waals surface area (Å²) < 4.78 is 0. The highest BCUT2D eigenvalue weighted by Crippen LogP contribution is 2.16. The fourth-order valence-electron chi connectivity index (χ4n) is 2.18. The molecule has 1 N–H and O–H groups in total. The van der Waals surface area contributed by atoms with E-state index in [0.29, 0.717) is 12.0 Å². The molecule has 4 heteroatoms. The van der Waals surface area contributed by atoms with Crippen LogP contribution in [-0.4, -0.2) is 59.6 Å². The van der Waals surface area contributed by atoms with E-state index in [1.807, 2.05) is 16.8 Å². The Hall–Kier alpha value is -0.610. The van der Waals surface area contributed by atoms with Gasteiger partial charge in [-0.1, -0.05) is 13.8 Å². The maximum absolute atomic E-state index is 12.2. The molecule has 0 spiro atoms. The number of amides is 1. The van der Waals surface area contributed by atoms with Gasteiger partial charge in [-0.25, -0.2) is 0 Å². The lowest BCUT2D eigenvalue weighted by atomic mass is 10.2. The first-order valence-electron chi connectivity index (χ1n) is 6.09. The number of aliphatic hydroxyl groups excluding tert-OH is 1. The second kappa shape index (κ2) is 5.64. The van der Waals surface area contributed by atoms with Gasteiger partial charge in [-0.05, 0) is 26.3 Å². The molecule has 94 valence electrons. The number of hydrogen-bond donors (Lipinski definition) is 1. The van der Waals surface area contributed by atoms with Crippen LogP contribution in [0.5, 0.6) is 0 Å². The van der Waals surface area contributed by atoms with E-state index in [4.69, 9.17) is 0 Å². The van der Waals surface area contributed by atoms with Crippen molar-refractivity contribution in [3.8, 4) is 0 Å². The lowest BCUT2D eigenvalue weighted by Gasteiger charge is -2.29. The SMILES string of the molecule is CC(C)CN1CCC(C)N(C)C(CO)C1=O. The summed E-state index contributed by atoms with van der Waals surface area (Å²) in [4.78, 5) is 16.1. The van der Waals surface area contributed by atoms with Crippen LogP contribution in [0.3, 0.4) is 0 Å². The topological polar surface area (TPSA) is 43.8 Å². The lowest BCUT2D eigenvalue weighted by Crippen LogP contribution is -2.48. The first-order valence-corrected chi connectivity index (χ1v) is 6.09. The normalized spacial score (nSPS) is 28.6. The van der Waals surface area contributed by atoms with Crippen LogP contribution in [0.25, 0.3) is 0 Å². The average molecular weight is 228 g/mol. The van der Waals surface area contributed by atoms with Gasteiger partial charge in [0.05, 0.1) is 6.61 Å². The predicted octanol–water partition coefficient (Wildman–Crippen LogP) is 0.556. The molecule has 0 aromatic heterocycles. The smallest absolute Gasteiger partial charge is 0.242 e. The third-order valence-corrected chi connectivity index (χ3v) is 3.36. The minimum Gasteiger partial charge on any atom is -0.394 e. The molecule has 1 amide bonds. The molecule has 1 aliphatic heterocycles. The van der Waals surface area contributed by atoms with Gasteiger partial charge in [0, 0.05) is 19.1 Å². The molecule has 1 fully saturated rings. The number of carbonyl (C=O) groups excluding carboxylic acids is 1. The zero-order chi connectivity index (χ0) is 12.3. The fraction of sp³-hybridized carbons (Fsp3) is 0.917. The Bertz CT molecular complexity index is 243. The summed E-state index contributed by atoms with van der Waals surface area (Å²) >= 11 is 0. The van der Waals surface area contributed by atoms with Gasteiger partial charge in [0.25, 0.3) is 0 Å². The first kappa shape index (κ1) is 13.5. The highest BCUT2D eigenvalue weighted by Gasteiger charge is 2.33. The highest BCUT2D eigenvalue weighted by atomic mass is 16.3. The van der Waals surface area contributed by atoms with Gasteiger partial charge >= 0.3 is 0 Å². The molecule has 2 atom stereocenters. The molecule has 0 bridgehead atoms. The van der Waals surface area contributed by atoms with Crippen molar-refractivity contribution in [2.45, 2.75) is 39.3 Å². The molecular formula is C12H24N2O2. The van der Waals surface area contributed by atoms with E-state index < -0.39 is 0 Å². The molecule has 1 saturated heterocycles. The van der Waals surface area contributed by atoms with E-state index in [1.165, 1.54) is 0 Å². The summed E-state index contributed by atoms with van der Waals surface area (Å²) in [5.74, 6) is 0.546. The minimum absolute atomic E-state index is 0.0723. The molecule has 4 nitrogen and oxygen atoms in total. The second-order valence-electron chi connectivity index (χ2n) is 5.18. The predicted molar refractivity (Wildman–Crippen MR) is 64.1 cm³/mol. The zero-order valence-electron chi connectivity index (χ0n) is 10.8. The van der Waals surface area contributed by atoms with Crippen molar-refractivity contribution in [2.24, 2.45) is 5.92 Å². The molecule has 1 aliphatic rings. The number of hydrogen-bond acceptors (Lipinski definition) is 3. The highest BCUT2D eigenvalue weighted by molar-refractivity contribution is 5.82. The standard InChI is InChI=1S/C12H24N2O2/c1-9(2)7-14-6-5-10(3)13(4)11(8-15)12(14)16/h9-11,15H,5-8H2,1-4H3. The van der Waals surface area contributed by atoms with Crippen LogP contribution in [0.2, 0.25) is 0 Å². The molecule has 0 saturated carbocycles. The van der Waals surface area contributed by atoms with E-state index in [0.717, 1.165) is 19.5 Å². The van der Waals surface area contributed by atoms with Crippen molar-refractivity contribution in [1.29, 1.82) is 0 Å². The van der Waals surface area contributed by atoms with Crippen molar-refractivity contribution in [1.82, 2.24) is 9.80 Å². The van der Waals surface area contributed by atoms with E-state index in [-0.39, 0.29) is 18.6 Å². The Morgan fingerprint density at radius 3 is 2.62 bits per heavy atom. The Morgan fingerprint density at radius 2 is 2.12 bits per heavy atom. The van der Waals surface area contributed by atoms with Gasteiger partial charge in [-0.3, -0.25) is 9.69 Å². The Balaban J connectivity index is 2.78. The summed E-state index contributed by atoms with van der Waals surface area (Å²) in [7, 11) is 1.92. The molecule has 0 aliphatic carbocycles. The largest absolute Gasteiger partial charge is 0.394 e. The molecule has 16 heavy (non-hydrogen) atoms. The fourth-order valence-corrected chi connectivity index (χ4v) is 2.18. The van der Waals surface area contributed by atoms with Crippen molar-refractivity contribution in [2.75, 3.05) is 26.7 Å². The van der Waals surface area contributed by atoms with Gasteiger partial charge in [0.2, 0.25) is 5.91 Å². The van der Waals surface area contributed by atoms with Crippen LogP contribution in [-0.2, 0) is 4.79 Å². The minimum atomic E-state index is -0.365. The van der Waals surface area contributed by atoms with Gasteiger partial charge in [-0.15, -0.1) is 0 Å². The molecule has 2 unspecified atom stereocenters. The second-order valence-corrected chi connectivity index (χ2v) is 5.18. The van der Waals surface area contributed by atoms with E-state index in [2.05, 4.69) is 20.8 Å². The number of carbonyl (C=O) groups is 1. The molecule has 1 rings (SSSR count). The monoisotopic (exact) mass is 228 g/mol. The van der Waals surface area contributed by atoms with Gasteiger partial charge in [0.1, 0.15) is 6.04 Å². The maximum Gasteiger partial charge on any atom is 0.242 e. The summed E-state index contributed by atoms with van der Waals surface area (Å²) in [5.41, 5.74) is 0. The quantitative estimate of drug-likeness (QED) is 0.767. The van der Waals surface area contributed by atoms with Crippen LogP contribution >= 0.6 is 0 Å². The number of rotatable bonds is 3. The number of aliphatic hydroxyl groups is 1. The van der Waals surface area contributed by atoms with E-state index in [1.54, 1.807) is 0 Å². The van der Waals surface area contributed by atoms with Gasteiger partial charge in [0.15, 0.2) is 0 Å². The lowest BCUT2D eigenvalue weighted by molar-refractivity contribution is -0.137. The Kier molecular flexibility index (Phi) is 4.74. The molecule has 1 heterocycles. The molecule has 0 aromatic rings. The van der Waals surface area contributed by atoms with Gasteiger partial charge in [-0.2, -0.15) is 0 Å². The zero-order valence-corrected chi connectivity index (χ0v) is 10.8.